The molecular formula is C8H13NOS. The molecule has 1 aromatic heterocycles. The van der Waals surface area contributed by atoms with Gasteiger partial charge in [0.15, 0.2) is 0 Å². The molecule has 0 spiro atoms. The molecule has 2 nitrogen and oxygen atoms in total. The fourth-order valence-electron chi connectivity index (χ4n) is 0.675. The predicted octanol–water partition coefficient (Wildman–Crippen LogP) is 2.70. The minimum Gasteiger partial charge on any atom is -0.411 e. The summed E-state index contributed by atoms with van der Waals surface area (Å²) in [4.78, 5) is 2.91. The fraction of sp³-hybridized carbons (Fsp3) is 0.375. The van der Waals surface area contributed by atoms with Crippen LogP contribution >= 0.6 is 11.3 Å². The predicted molar refractivity (Wildman–Crippen MR) is 49.8 cm³/mol. The van der Waals surface area contributed by atoms with Gasteiger partial charge in [-0.2, -0.15) is 0 Å². The number of thiophene rings is 1. The zero-order valence-corrected chi connectivity index (χ0v) is 7.69. The minimum absolute atomic E-state index is 1.18. The van der Waals surface area contributed by atoms with Gasteiger partial charge in [0.05, 0.1) is 0 Å². The first kappa shape index (κ1) is 10.2. The van der Waals surface area contributed by atoms with Crippen molar-refractivity contribution in [2.75, 3.05) is 0 Å². The summed E-state index contributed by atoms with van der Waals surface area (Å²) in [5.41, 5.74) is 0. The number of hydrogen-bond donors (Lipinski definition) is 1. The van der Waals surface area contributed by atoms with Gasteiger partial charge in [0, 0.05) is 16.5 Å². The second-order valence-corrected chi connectivity index (χ2v) is 3.38. The Hall–Kier alpha value is -0.830. The highest BCUT2D eigenvalue weighted by Crippen LogP contribution is 2.14. The van der Waals surface area contributed by atoms with Crippen molar-refractivity contribution in [3.05, 3.63) is 21.9 Å². The van der Waals surface area contributed by atoms with Crippen molar-refractivity contribution in [3.63, 3.8) is 0 Å². The molecular weight excluding hydrogens is 158 g/mol. The highest BCUT2D eigenvalue weighted by molar-refractivity contribution is 7.11. The smallest absolute Gasteiger partial charge is 0.0298 e. The van der Waals surface area contributed by atoms with Gasteiger partial charge in [0.2, 0.25) is 0 Å². The second-order valence-electron chi connectivity index (χ2n) is 2.01. The molecule has 0 saturated carbocycles. The summed E-state index contributed by atoms with van der Waals surface area (Å²) in [6.45, 7) is 7.00. The first-order chi connectivity index (χ1) is 5.24. The van der Waals surface area contributed by atoms with Gasteiger partial charge in [0.1, 0.15) is 0 Å². The Labute approximate surface area is 71.2 Å². The van der Waals surface area contributed by atoms with Crippen LogP contribution in [-0.4, -0.2) is 11.9 Å². The SMILES string of the molecule is C=NO.CCc1ccc(C)s1. The summed E-state index contributed by atoms with van der Waals surface area (Å²) in [6.07, 6.45) is 1.18. The van der Waals surface area contributed by atoms with E-state index < -0.39 is 0 Å². The summed E-state index contributed by atoms with van der Waals surface area (Å²) in [5.74, 6) is 0. The Morgan fingerprint density at radius 3 is 2.36 bits per heavy atom. The van der Waals surface area contributed by atoms with Gasteiger partial charge in [-0.15, -0.1) is 16.5 Å². The lowest BCUT2D eigenvalue weighted by atomic mass is 10.4. The molecule has 0 aliphatic carbocycles. The van der Waals surface area contributed by atoms with E-state index in [4.69, 9.17) is 5.21 Å². The molecule has 1 rings (SSSR count). The van der Waals surface area contributed by atoms with Gasteiger partial charge in [-0.3, -0.25) is 0 Å². The quantitative estimate of drug-likeness (QED) is 0.393. The third kappa shape index (κ3) is 4.56. The Morgan fingerprint density at radius 1 is 1.64 bits per heavy atom. The maximum absolute atomic E-state index is 7.08. The zero-order chi connectivity index (χ0) is 8.69. The largest absolute Gasteiger partial charge is 0.411 e. The summed E-state index contributed by atoms with van der Waals surface area (Å²) in [6, 6.07) is 4.36. The summed E-state index contributed by atoms with van der Waals surface area (Å²) < 4.78 is 0. The number of oxime groups is 1. The van der Waals surface area contributed by atoms with Crippen molar-refractivity contribution in [1.82, 2.24) is 0 Å². The highest BCUT2D eigenvalue weighted by Gasteiger charge is 1.89. The Bertz CT molecular complexity index is 208. The molecule has 0 amide bonds. The van der Waals surface area contributed by atoms with Crippen LogP contribution in [0, 0.1) is 6.92 Å². The van der Waals surface area contributed by atoms with Crippen LogP contribution in [0.5, 0.6) is 0 Å². The van der Waals surface area contributed by atoms with Gasteiger partial charge < -0.3 is 5.21 Å². The van der Waals surface area contributed by atoms with E-state index >= 15 is 0 Å². The lowest BCUT2D eigenvalue weighted by molar-refractivity contribution is 0.323. The Morgan fingerprint density at radius 2 is 2.18 bits per heavy atom. The molecule has 0 aromatic carbocycles. The molecule has 1 N–H and O–H groups in total. The zero-order valence-electron chi connectivity index (χ0n) is 6.87. The average Bonchev–Trinajstić information content (AvgIpc) is 2.37. The maximum Gasteiger partial charge on any atom is 0.0298 e. The molecule has 0 radical (unpaired) electrons. The number of rotatable bonds is 1. The van der Waals surface area contributed by atoms with Crippen LogP contribution < -0.4 is 0 Å². The minimum atomic E-state index is 1.18. The molecule has 3 heteroatoms. The van der Waals surface area contributed by atoms with Gasteiger partial charge in [-0.05, 0) is 25.5 Å². The van der Waals surface area contributed by atoms with Gasteiger partial charge in [-0.25, -0.2) is 0 Å². The van der Waals surface area contributed by atoms with Crippen molar-refractivity contribution in [3.8, 4) is 0 Å². The molecule has 0 saturated heterocycles. The van der Waals surface area contributed by atoms with E-state index in [0.29, 0.717) is 0 Å². The van der Waals surface area contributed by atoms with E-state index in [9.17, 15) is 0 Å². The van der Waals surface area contributed by atoms with Crippen molar-refractivity contribution in [2.24, 2.45) is 5.16 Å². The molecule has 0 aliphatic rings. The monoisotopic (exact) mass is 171 g/mol. The van der Waals surface area contributed by atoms with Crippen molar-refractivity contribution in [1.29, 1.82) is 0 Å². The van der Waals surface area contributed by atoms with Crippen molar-refractivity contribution < 1.29 is 5.21 Å². The van der Waals surface area contributed by atoms with Crippen LogP contribution in [0.15, 0.2) is 17.3 Å². The molecule has 0 fully saturated rings. The molecule has 0 bridgehead atoms. The van der Waals surface area contributed by atoms with E-state index in [2.05, 4.69) is 37.9 Å². The third-order valence-electron chi connectivity index (χ3n) is 1.14. The van der Waals surface area contributed by atoms with Gasteiger partial charge >= 0.3 is 0 Å². The number of hydrogen-bond acceptors (Lipinski definition) is 3. The maximum atomic E-state index is 7.08. The molecule has 1 heterocycles. The van der Waals surface area contributed by atoms with Crippen LogP contribution in [-0.2, 0) is 6.42 Å². The number of aryl methyl sites for hydroxylation is 2. The van der Waals surface area contributed by atoms with Crippen LogP contribution in [0.1, 0.15) is 16.7 Å². The average molecular weight is 171 g/mol. The molecule has 0 unspecified atom stereocenters. The van der Waals surface area contributed by atoms with Crippen LogP contribution in [0.3, 0.4) is 0 Å². The van der Waals surface area contributed by atoms with E-state index in [1.807, 2.05) is 11.3 Å². The van der Waals surface area contributed by atoms with E-state index in [-0.39, 0.29) is 0 Å². The number of nitrogens with zero attached hydrogens (tertiary/aromatic N) is 1. The Kier molecular flexibility index (Phi) is 5.47. The second kappa shape index (κ2) is 5.92. The first-order valence-electron chi connectivity index (χ1n) is 3.40. The fourth-order valence-corrected chi connectivity index (χ4v) is 1.51. The molecule has 62 valence electrons. The van der Waals surface area contributed by atoms with Crippen LogP contribution in [0.2, 0.25) is 0 Å². The van der Waals surface area contributed by atoms with Crippen LogP contribution in [0.4, 0.5) is 0 Å². The molecule has 11 heavy (non-hydrogen) atoms. The lowest BCUT2D eigenvalue weighted by Gasteiger charge is -1.80. The first-order valence-corrected chi connectivity index (χ1v) is 4.21. The van der Waals surface area contributed by atoms with E-state index in [1.54, 1.807) is 0 Å². The normalized spacial score (nSPS) is 8.18. The summed E-state index contributed by atoms with van der Waals surface area (Å²) >= 11 is 1.89. The van der Waals surface area contributed by atoms with Crippen molar-refractivity contribution >= 4 is 18.1 Å². The van der Waals surface area contributed by atoms with E-state index in [1.165, 1.54) is 16.2 Å². The van der Waals surface area contributed by atoms with Crippen molar-refractivity contribution in [2.45, 2.75) is 20.3 Å². The lowest BCUT2D eigenvalue weighted by Crippen LogP contribution is -1.63. The Balaban J connectivity index is 0.000000292. The molecule has 0 atom stereocenters. The van der Waals surface area contributed by atoms with Crippen LogP contribution in [0.25, 0.3) is 0 Å². The highest BCUT2D eigenvalue weighted by atomic mass is 32.1. The third-order valence-corrected chi connectivity index (χ3v) is 2.29. The topological polar surface area (TPSA) is 32.6 Å². The van der Waals surface area contributed by atoms with E-state index in [0.717, 1.165) is 0 Å². The molecule has 1 aromatic rings. The van der Waals surface area contributed by atoms with Gasteiger partial charge in [-0.1, -0.05) is 6.92 Å². The van der Waals surface area contributed by atoms with Gasteiger partial charge in [0.25, 0.3) is 0 Å². The summed E-state index contributed by atoms with van der Waals surface area (Å²) in [5, 5.41) is 9.33. The summed E-state index contributed by atoms with van der Waals surface area (Å²) in [7, 11) is 0. The standard InChI is InChI=1S/C7H10S.CH3NO/c1-3-7-5-4-6(2)8-7;1-2-3/h4-5H,3H2,1-2H3;3H,1H2. The molecule has 0 aliphatic heterocycles.